The Labute approximate surface area is 156 Å². The molecule has 6 heteroatoms. The van der Waals surface area contributed by atoms with Crippen LogP contribution >= 0.6 is 11.6 Å². The number of hydrogen-bond acceptors (Lipinski definition) is 4. The van der Waals surface area contributed by atoms with Crippen LogP contribution in [0.4, 0.5) is 5.69 Å². The average molecular weight is 372 g/mol. The molecule has 0 saturated heterocycles. The first-order valence-electron chi connectivity index (χ1n) is 8.04. The Hall–Kier alpha value is -2.76. The van der Waals surface area contributed by atoms with E-state index in [4.69, 9.17) is 25.9 Å². The third kappa shape index (κ3) is 4.25. The molecule has 26 heavy (non-hydrogen) atoms. The molecule has 134 valence electrons. The highest BCUT2D eigenvalue weighted by Crippen LogP contribution is 2.31. The second kappa shape index (κ2) is 8.08. The van der Waals surface area contributed by atoms with Gasteiger partial charge in [-0.3, -0.25) is 4.79 Å². The quantitative estimate of drug-likeness (QED) is 0.672. The lowest BCUT2D eigenvalue weighted by Gasteiger charge is -2.10. The molecule has 3 aromatic rings. The molecule has 0 unspecified atom stereocenters. The van der Waals surface area contributed by atoms with Crippen molar-refractivity contribution in [2.75, 3.05) is 11.9 Å². The van der Waals surface area contributed by atoms with Crippen LogP contribution in [-0.4, -0.2) is 17.6 Å². The number of nitrogens with one attached hydrogen (secondary N) is 1. The summed E-state index contributed by atoms with van der Waals surface area (Å²) < 4.78 is 11.0. The van der Waals surface area contributed by atoms with Gasteiger partial charge in [-0.15, -0.1) is 0 Å². The van der Waals surface area contributed by atoms with Gasteiger partial charge in [-0.1, -0.05) is 29.8 Å². The van der Waals surface area contributed by atoms with Gasteiger partial charge in [0.25, 0.3) is 5.91 Å². The van der Waals surface area contributed by atoms with E-state index >= 15 is 0 Å². The van der Waals surface area contributed by atoms with Crippen LogP contribution < -0.4 is 10.1 Å². The largest absolute Gasteiger partial charge is 0.483 e. The maximum Gasteiger partial charge on any atom is 0.262 e. The third-order valence-electron chi connectivity index (χ3n) is 3.79. The molecule has 0 aliphatic rings. The highest BCUT2D eigenvalue weighted by molar-refractivity contribution is 6.33. The lowest BCUT2D eigenvalue weighted by molar-refractivity contribution is -0.118. The van der Waals surface area contributed by atoms with Crippen molar-refractivity contribution < 1.29 is 19.1 Å². The third-order valence-corrected chi connectivity index (χ3v) is 4.10. The number of amides is 1. The zero-order valence-corrected chi connectivity index (χ0v) is 14.9. The van der Waals surface area contributed by atoms with Gasteiger partial charge in [-0.25, -0.2) is 0 Å². The van der Waals surface area contributed by atoms with Gasteiger partial charge < -0.3 is 19.6 Å². The number of carbonyl (C=O) groups is 1. The molecule has 3 rings (SSSR count). The van der Waals surface area contributed by atoms with E-state index in [1.807, 2.05) is 31.2 Å². The second-order valence-electron chi connectivity index (χ2n) is 5.72. The van der Waals surface area contributed by atoms with Crippen LogP contribution in [0.5, 0.6) is 5.75 Å². The average Bonchev–Trinajstić information content (AvgIpc) is 3.10. The molecule has 0 fully saturated rings. The number of anilines is 1. The number of halogens is 1. The van der Waals surface area contributed by atoms with Crippen LogP contribution in [0, 0.1) is 6.92 Å². The molecule has 0 aliphatic carbocycles. The highest BCUT2D eigenvalue weighted by atomic mass is 35.5. The molecule has 0 spiro atoms. The minimum Gasteiger partial charge on any atom is -0.483 e. The second-order valence-corrected chi connectivity index (χ2v) is 6.13. The molecular formula is C20H18ClNO4. The molecule has 0 bridgehead atoms. The minimum atomic E-state index is -0.280. The van der Waals surface area contributed by atoms with Gasteiger partial charge in [0.15, 0.2) is 6.61 Å². The van der Waals surface area contributed by atoms with E-state index in [2.05, 4.69) is 5.32 Å². The summed E-state index contributed by atoms with van der Waals surface area (Å²) in [6, 6.07) is 16.0. The Morgan fingerprint density at radius 2 is 2.00 bits per heavy atom. The summed E-state index contributed by atoms with van der Waals surface area (Å²) in [7, 11) is 0. The van der Waals surface area contributed by atoms with Gasteiger partial charge in [0.05, 0.1) is 5.02 Å². The SMILES string of the molecule is Cc1ccccc1OCC(=O)Nc1ccc(-c2ccc(CO)o2)c(Cl)c1. The van der Waals surface area contributed by atoms with Crippen LogP contribution in [-0.2, 0) is 11.4 Å². The van der Waals surface area contributed by atoms with Gasteiger partial charge in [0, 0.05) is 11.3 Å². The number of para-hydroxylation sites is 1. The van der Waals surface area contributed by atoms with E-state index in [0.717, 1.165) is 5.56 Å². The first kappa shape index (κ1) is 18.0. The van der Waals surface area contributed by atoms with Crippen molar-refractivity contribution in [3.8, 4) is 17.1 Å². The summed E-state index contributed by atoms with van der Waals surface area (Å²) in [6.45, 7) is 1.65. The molecule has 2 aromatic carbocycles. The maximum atomic E-state index is 12.1. The lowest BCUT2D eigenvalue weighted by atomic mass is 10.1. The van der Waals surface area contributed by atoms with Crippen LogP contribution in [0.3, 0.4) is 0 Å². The highest BCUT2D eigenvalue weighted by Gasteiger charge is 2.11. The molecule has 2 N–H and O–H groups in total. The molecule has 1 aromatic heterocycles. The maximum absolute atomic E-state index is 12.1. The Balaban J connectivity index is 1.64. The molecule has 1 amide bonds. The number of carbonyl (C=O) groups excluding carboxylic acids is 1. The molecule has 0 atom stereocenters. The number of aliphatic hydroxyl groups excluding tert-OH is 1. The summed E-state index contributed by atoms with van der Waals surface area (Å²) in [6.07, 6.45) is 0. The number of ether oxygens (including phenoxy) is 1. The van der Waals surface area contributed by atoms with Crippen LogP contribution in [0.2, 0.25) is 5.02 Å². The Bertz CT molecular complexity index is 920. The molecule has 1 heterocycles. The number of aliphatic hydroxyl groups is 1. The van der Waals surface area contributed by atoms with E-state index in [1.165, 1.54) is 0 Å². The van der Waals surface area contributed by atoms with E-state index in [-0.39, 0.29) is 19.1 Å². The topological polar surface area (TPSA) is 71.7 Å². The Kier molecular flexibility index (Phi) is 5.61. The summed E-state index contributed by atoms with van der Waals surface area (Å²) in [4.78, 5) is 12.1. The zero-order valence-electron chi connectivity index (χ0n) is 14.2. The zero-order chi connectivity index (χ0) is 18.5. The summed E-state index contributed by atoms with van der Waals surface area (Å²) in [5.41, 5.74) is 2.21. The van der Waals surface area contributed by atoms with E-state index in [1.54, 1.807) is 30.3 Å². The summed E-state index contributed by atoms with van der Waals surface area (Å²) in [5, 5.41) is 12.3. The van der Waals surface area contributed by atoms with E-state index < -0.39 is 0 Å². The van der Waals surface area contributed by atoms with Gasteiger partial charge in [0.1, 0.15) is 23.9 Å². The first-order chi connectivity index (χ1) is 12.6. The molecule has 0 aliphatic heterocycles. The molecule has 0 saturated carbocycles. The molecule has 5 nitrogen and oxygen atoms in total. The monoisotopic (exact) mass is 371 g/mol. The van der Waals surface area contributed by atoms with Crippen molar-refractivity contribution in [1.29, 1.82) is 0 Å². The van der Waals surface area contributed by atoms with Gasteiger partial charge in [0.2, 0.25) is 0 Å². The van der Waals surface area contributed by atoms with Crippen molar-refractivity contribution in [3.63, 3.8) is 0 Å². The smallest absolute Gasteiger partial charge is 0.262 e. The van der Waals surface area contributed by atoms with Gasteiger partial charge >= 0.3 is 0 Å². The Morgan fingerprint density at radius 1 is 1.19 bits per heavy atom. The van der Waals surface area contributed by atoms with Crippen molar-refractivity contribution in [2.45, 2.75) is 13.5 Å². The van der Waals surface area contributed by atoms with E-state index in [9.17, 15) is 4.79 Å². The number of furan rings is 1. The number of aryl methyl sites for hydroxylation is 1. The van der Waals surface area contributed by atoms with Crippen molar-refractivity contribution in [1.82, 2.24) is 0 Å². The first-order valence-corrected chi connectivity index (χ1v) is 8.42. The number of benzene rings is 2. The number of rotatable bonds is 6. The summed E-state index contributed by atoms with van der Waals surface area (Å²) >= 11 is 6.29. The van der Waals surface area contributed by atoms with Gasteiger partial charge in [-0.2, -0.15) is 0 Å². The van der Waals surface area contributed by atoms with Crippen molar-refractivity contribution in [2.24, 2.45) is 0 Å². The molecular weight excluding hydrogens is 354 g/mol. The van der Waals surface area contributed by atoms with Crippen molar-refractivity contribution >= 4 is 23.2 Å². The fraction of sp³-hybridized carbons (Fsp3) is 0.150. The fourth-order valence-corrected chi connectivity index (χ4v) is 2.73. The molecule has 0 radical (unpaired) electrons. The van der Waals surface area contributed by atoms with E-state index in [0.29, 0.717) is 33.5 Å². The Morgan fingerprint density at radius 3 is 2.69 bits per heavy atom. The summed E-state index contributed by atoms with van der Waals surface area (Å²) in [5.74, 6) is 1.41. The van der Waals surface area contributed by atoms with Crippen LogP contribution in [0.1, 0.15) is 11.3 Å². The minimum absolute atomic E-state index is 0.0950. The fourth-order valence-electron chi connectivity index (χ4n) is 2.46. The number of hydrogen-bond donors (Lipinski definition) is 2. The normalized spacial score (nSPS) is 10.6. The lowest BCUT2D eigenvalue weighted by Crippen LogP contribution is -2.20. The van der Waals surface area contributed by atoms with Crippen LogP contribution in [0.25, 0.3) is 11.3 Å². The standard InChI is InChI=1S/C20H18ClNO4/c1-13-4-2-3-5-18(13)25-12-20(24)22-14-6-8-16(17(21)10-14)19-9-7-15(11-23)26-19/h2-10,23H,11-12H2,1H3,(H,22,24). The predicted molar refractivity (Wildman–Crippen MR) is 100 cm³/mol. The van der Waals surface area contributed by atoms with Crippen molar-refractivity contribution in [3.05, 3.63) is 70.9 Å². The van der Waals surface area contributed by atoms with Gasteiger partial charge in [-0.05, 0) is 48.9 Å². The van der Waals surface area contributed by atoms with Crippen LogP contribution in [0.15, 0.2) is 59.0 Å². The predicted octanol–water partition coefficient (Wildman–Crippen LogP) is 4.42.